The largest absolute Gasteiger partial charge is 0.481 e. The van der Waals surface area contributed by atoms with Crippen LogP contribution in [-0.2, 0) is 42.1 Å². The molecule has 3 aliphatic heterocycles. The predicted octanol–water partition coefficient (Wildman–Crippen LogP) is 2.25. The maximum Gasteiger partial charge on any atom is 0.340 e. The van der Waals surface area contributed by atoms with Crippen LogP contribution in [0.5, 0.6) is 0 Å². The molecule has 0 unspecified atom stereocenters. The van der Waals surface area contributed by atoms with Crippen LogP contribution in [0.3, 0.4) is 0 Å². The van der Waals surface area contributed by atoms with Gasteiger partial charge in [-0.1, -0.05) is 6.42 Å². The Morgan fingerprint density at radius 3 is 2.48 bits per heavy atom. The summed E-state index contributed by atoms with van der Waals surface area (Å²) in [5, 5.41) is 0. The number of esters is 1. The molecule has 3 aliphatic rings. The van der Waals surface area contributed by atoms with Crippen molar-refractivity contribution in [3.05, 3.63) is 27.8 Å². The van der Waals surface area contributed by atoms with Crippen LogP contribution in [0.2, 0.25) is 0 Å². The minimum absolute atomic E-state index is 0.00870. The lowest BCUT2D eigenvalue weighted by molar-refractivity contribution is -0.138. The molecule has 0 spiro atoms. The molecule has 0 bridgehead atoms. The standard InChI is InChI=1S/C22H28N2O7S2/c1-22(2)12-14(25)11-16(31-22)19(26)23-10-7-15-17(13-23)32-21(18(15)20(27)30-3)33(28,29)24-8-5-4-6-9-24/h11H,4-10,12-13H2,1-3H3. The predicted molar refractivity (Wildman–Crippen MR) is 120 cm³/mol. The van der Waals surface area contributed by atoms with Gasteiger partial charge >= 0.3 is 5.97 Å². The van der Waals surface area contributed by atoms with Crippen molar-refractivity contribution in [1.82, 2.24) is 9.21 Å². The van der Waals surface area contributed by atoms with Crippen molar-refractivity contribution in [1.29, 1.82) is 0 Å². The number of ether oxygens (including phenoxy) is 2. The number of hydrogen-bond donors (Lipinski definition) is 0. The number of carbonyl (C=O) groups excluding carboxylic acids is 3. The third kappa shape index (κ3) is 4.58. The number of piperidine rings is 1. The van der Waals surface area contributed by atoms with E-state index in [0.29, 0.717) is 30.0 Å². The van der Waals surface area contributed by atoms with Gasteiger partial charge in [-0.3, -0.25) is 9.59 Å². The van der Waals surface area contributed by atoms with Crippen LogP contribution in [0.1, 0.15) is 60.3 Å². The van der Waals surface area contributed by atoms with Crippen molar-refractivity contribution in [2.75, 3.05) is 26.7 Å². The van der Waals surface area contributed by atoms with Gasteiger partial charge in [0.15, 0.2) is 11.5 Å². The molecule has 0 aliphatic carbocycles. The normalized spacial score (nSPS) is 21.1. The Hall–Kier alpha value is -2.24. The van der Waals surface area contributed by atoms with E-state index < -0.39 is 27.5 Å². The number of allylic oxidation sites excluding steroid dienone is 1. The average Bonchev–Trinajstić information content (AvgIpc) is 3.17. The van der Waals surface area contributed by atoms with Crippen LogP contribution in [0.15, 0.2) is 16.0 Å². The molecule has 0 atom stereocenters. The third-order valence-corrected chi connectivity index (χ3v) is 9.69. The van der Waals surface area contributed by atoms with Crippen LogP contribution >= 0.6 is 11.3 Å². The molecule has 1 fully saturated rings. The maximum atomic E-state index is 13.4. The van der Waals surface area contributed by atoms with E-state index in [1.165, 1.54) is 22.4 Å². The van der Waals surface area contributed by atoms with Gasteiger partial charge in [0.25, 0.3) is 15.9 Å². The van der Waals surface area contributed by atoms with E-state index in [0.717, 1.165) is 30.6 Å². The Kier molecular flexibility index (Phi) is 6.41. The van der Waals surface area contributed by atoms with Gasteiger partial charge in [0.05, 0.1) is 19.2 Å². The van der Waals surface area contributed by atoms with Crippen LogP contribution < -0.4 is 0 Å². The van der Waals surface area contributed by atoms with E-state index in [4.69, 9.17) is 9.47 Å². The molecule has 33 heavy (non-hydrogen) atoms. The number of thiophene rings is 1. The Morgan fingerprint density at radius 2 is 1.85 bits per heavy atom. The highest BCUT2D eigenvalue weighted by atomic mass is 32.2. The van der Waals surface area contributed by atoms with Crippen LogP contribution in [0, 0.1) is 0 Å². The van der Waals surface area contributed by atoms with Crippen molar-refractivity contribution in [3.63, 3.8) is 0 Å². The SMILES string of the molecule is COC(=O)c1c(S(=O)(=O)N2CCCCC2)sc2c1CCN(C(=O)C1=CC(=O)CC(C)(C)O1)C2. The number of sulfonamides is 1. The number of ketones is 1. The summed E-state index contributed by atoms with van der Waals surface area (Å²) < 4.78 is 38.9. The van der Waals surface area contributed by atoms with Gasteiger partial charge in [-0.2, -0.15) is 4.31 Å². The summed E-state index contributed by atoms with van der Waals surface area (Å²) in [6, 6.07) is 0. The number of nitrogens with zero attached hydrogens (tertiary/aromatic N) is 2. The first-order valence-corrected chi connectivity index (χ1v) is 13.2. The van der Waals surface area contributed by atoms with Gasteiger partial charge in [-0.15, -0.1) is 11.3 Å². The highest BCUT2D eigenvalue weighted by Gasteiger charge is 2.39. The van der Waals surface area contributed by atoms with Crippen molar-refractivity contribution in [2.24, 2.45) is 0 Å². The fraction of sp³-hybridized carbons (Fsp3) is 0.591. The molecule has 1 aromatic rings. The molecule has 0 aromatic carbocycles. The number of methoxy groups -OCH3 is 1. The lowest BCUT2D eigenvalue weighted by Crippen LogP contribution is -2.41. The second-order valence-electron chi connectivity index (χ2n) is 9.11. The summed E-state index contributed by atoms with van der Waals surface area (Å²) in [4.78, 5) is 39.9. The third-order valence-electron chi connectivity index (χ3n) is 6.08. The van der Waals surface area contributed by atoms with Gasteiger partial charge in [0.2, 0.25) is 0 Å². The van der Waals surface area contributed by atoms with E-state index >= 15 is 0 Å². The first-order valence-electron chi connectivity index (χ1n) is 11.0. The summed E-state index contributed by atoms with van der Waals surface area (Å²) >= 11 is 1.02. The monoisotopic (exact) mass is 496 g/mol. The summed E-state index contributed by atoms with van der Waals surface area (Å²) in [5.74, 6) is -1.29. The molecule has 0 radical (unpaired) electrons. The van der Waals surface area contributed by atoms with Gasteiger partial charge in [0.1, 0.15) is 9.81 Å². The topological polar surface area (TPSA) is 110 Å². The molecule has 1 amide bonds. The molecule has 0 N–H and O–H groups in total. The van der Waals surface area contributed by atoms with Gasteiger partial charge in [0, 0.05) is 37.0 Å². The number of amides is 1. The summed E-state index contributed by atoms with van der Waals surface area (Å²) in [6.07, 6.45) is 4.27. The molecule has 0 saturated carbocycles. The van der Waals surface area contributed by atoms with Gasteiger partial charge in [-0.05, 0) is 38.7 Å². The van der Waals surface area contributed by atoms with E-state index in [1.807, 2.05) is 0 Å². The fourth-order valence-electron chi connectivity index (χ4n) is 4.51. The number of carbonyl (C=O) groups is 3. The molecular weight excluding hydrogens is 468 g/mol. The summed E-state index contributed by atoms with van der Waals surface area (Å²) in [5.41, 5.74) is -0.0740. The van der Waals surface area contributed by atoms with Crippen molar-refractivity contribution in [3.8, 4) is 0 Å². The van der Waals surface area contributed by atoms with Crippen molar-refractivity contribution >= 4 is 39.0 Å². The first kappa shape index (κ1) is 23.9. The van der Waals surface area contributed by atoms with Crippen molar-refractivity contribution in [2.45, 2.75) is 62.3 Å². The highest BCUT2D eigenvalue weighted by Crippen LogP contribution is 2.39. The Morgan fingerprint density at radius 1 is 1.15 bits per heavy atom. The Balaban J connectivity index is 1.66. The second-order valence-corrected chi connectivity index (χ2v) is 12.4. The Labute approximate surface area is 197 Å². The molecule has 180 valence electrons. The molecule has 4 heterocycles. The molecule has 1 aromatic heterocycles. The highest BCUT2D eigenvalue weighted by molar-refractivity contribution is 7.91. The molecule has 4 rings (SSSR count). The average molecular weight is 497 g/mol. The minimum Gasteiger partial charge on any atom is -0.481 e. The van der Waals surface area contributed by atoms with Crippen LogP contribution in [-0.4, -0.2) is 67.6 Å². The molecule has 1 saturated heterocycles. The molecule has 9 nitrogen and oxygen atoms in total. The van der Waals surface area contributed by atoms with E-state index in [9.17, 15) is 22.8 Å². The fourth-order valence-corrected chi connectivity index (χ4v) is 8.06. The first-order chi connectivity index (χ1) is 15.5. The molecule has 11 heteroatoms. The lowest BCUT2D eigenvalue weighted by Gasteiger charge is -2.33. The van der Waals surface area contributed by atoms with Gasteiger partial charge < -0.3 is 14.4 Å². The van der Waals surface area contributed by atoms with Crippen LogP contribution in [0.4, 0.5) is 0 Å². The maximum absolute atomic E-state index is 13.4. The van der Waals surface area contributed by atoms with E-state index in [2.05, 4.69) is 0 Å². The quantitative estimate of drug-likeness (QED) is 0.588. The van der Waals surface area contributed by atoms with Crippen LogP contribution in [0.25, 0.3) is 0 Å². The van der Waals surface area contributed by atoms with E-state index in [-0.39, 0.29) is 40.8 Å². The van der Waals surface area contributed by atoms with E-state index in [1.54, 1.807) is 13.8 Å². The number of rotatable bonds is 4. The van der Waals surface area contributed by atoms with Crippen molar-refractivity contribution < 1.29 is 32.3 Å². The molecular formula is C22H28N2O7S2. The minimum atomic E-state index is -3.86. The Bertz CT molecular complexity index is 1130. The number of fused-ring (bicyclic) bond motifs is 1. The number of hydrogen-bond acceptors (Lipinski definition) is 8. The van der Waals surface area contributed by atoms with Gasteiger partial charge in [-0.25, -0.2) is 13.2 Å². The summed E-state index contributed by atoms with van der Waals surface area (Å²) in [6.45, 7) is 4.74. The lowest BCUT2D eigenvalue weighted by atomic mass is 9.98. The smallest absolute Gasteiger partial charge is 0.340 e. The zero-order chi connectivity index (χ0) is 24.0. The summed E-state index contributed by atoms with van der Waals surface area (Å²) in [7, 11) is -2.63. The zero-order valence-corrected chi connectivity index (χ0v) is 20.6. The zero-order valence-electron chi connectivity index (χ0n) is 19.0. The second kappa shape index (κ2) is 8.84.